The molecule has 0 aromatic carbocycles. The van der Waals surface area contributed by atoms with Gasteiger partial charge in [-0.2, -0.15) is 0 Å². The molecule has 0 aromatic rings. The van der Waals surface area contributed by atoms with Crippen molar-refractivity contribution in [2.24, 2.45) is 0 Å². The van der Waals surface area contributed by atoms with Gasteiger partial charge < -0.3 is 9.66 Å². The Kier molecular flexibility index (Phi) is 26.6. The van der Waals surface area contributed by atoms with Crippen molar-refractivity contribution in [1.29, 1.82) is 0 Å². The van der Waals surface area contributed by atoms with E-state index in [4.69, 9.17) is 0 Å². The average molecular weight is 473 g/mol. The minimum Gasteiger partial charge on any atom is -0.748 e. The topological polar surface area (TPSA) is 77.4 Å². The first-order chi connectivity index (χ1) is 13.9. The van der Waals surface area contributed by atoms with Crippen molar-refractivity contribution < 1.29 is 69.5 Å². The molecule has 4 nitrogen and oxygen atoms in total. The van der Waals surface area contributed by atoms with E-state index in [1.165, 1.54) is 51.4 Å². The van der Waals surface area contributed by atoms with Gasteiger partial charge in [0.1, 0.15) is 0 Å². The van der Waals surface area contributed by atoms with Gasteiger partial charge in [-0.25, -0.2) is 8.42 Å². The molecular weight excluding hydrogens is 423 g/mol. The van der Waals surface area contributed by atoms with Gasteiger partial charge >= 0.3 is 51.4 Å². The monoisotopic (exact) mass is 472 g/mol. The van der Waals surface area contributed by atoms with E-state index in [9.17, 15) is 18.1 Å². The van der Waals surface area contributed by atoms with E-state index < -0.39 is 15.4 Å². The average Bonchev–Trinajstić information content (AvgIpc) is 2.67. The molecule has 0 aliphatic rings. The van der Waals surface area contributed by atoms with Crippen LogP contribution < -0.4 is 51.4 Å². The van der Waals surface area contributed by atoms with Gasteiger partial charge in [-0.3, -0.25) is 0 Å². The molecule has 2 unspecified atom stereocenters. The molecule has 0 amide bonds. The maximum Gasteiger partial charge on any atom is 1.00 e. The SMILES string of the molecule is CCCCCC(CCCCCCCCCCCCCC(O)CCCC)S(=O)(=O)[O-].[K+]. The maximum atomic E-state index is 11.4. The molecule has 176 valence electrons. The Hall–Kier alpha value is 1.51. The molecule has 2 atom stereocenters. The van der Waals surface area contributed by atoms with Crippen LogP contribution in [0.15, 0.2) is 0 Å². The third kappa shape index (κ3) is 22.7. The standard InChI is InChI=1S/C24H50O4S.K/c1-3-5-16-21-24(29(26,27)28)22-18-15-13-11-9-7-8-10-12-14-17-20-23(25)19-6-4-2;/h23-25H,3-22H2,1-2H3,(H,26,27,28);/q;+1/p-1. The molecule has 0 fully saturated rings. The van der Waals surface area contributed by atoms with Crippen LogP contribution in [0.2, 0.25) is 0 Å². The van der Waals surface area contributed by atoms with Gasteiger partial charge in [0.25, 0.3) is 0 Å². The Bertz CT molecular complexity index is 442. The smallest absolute Gasteiger partial charge is 0.748 e. The quantitative estimate of drug-likeness (QED) is 0.146. The van der Waals surface area contributed by atoms with E-state index >= 15 is 0 Å². The zero-order valence-electron chi connectivity index (χ0n) is 20.4. The Morgan fingerprint density at radius 3 is 1.33 bits per heavy atom. The summed E-state index contributed by atoms with van der Waals surface area (Å²) >= 11 is 0. The molecule has 0 aliphatic carbocycles. The summed E-state index contributed by atoms with van der Waals surface area (Å²) < 4.78 is 34.1. The van der Waals surface area contributed by atoms with Gasteiger partial charge in [0.2, 0.25) is 0 Å². The predicted molar refractivity (Wildman–Crippen MR) is 123 cm³/mol. The molecular formula is C24H49KO4S. The van der Waals surface area contributed by atoms with Crippen LogP contribution in [0.5, 0.6) is 0 Å². The fourth-order valence-electron chi connectivity index (χ4n) is 3.98. The van der Waals surface area contributed by atoms with Crippen LogP contribution in [0, 0.1) is 0 Å². The maximum absolute atomic E-state index is 11.4. The van der Waals surface area contributed by atoms with Crippen molar-refractivity contribution in [3.63, 3.8) is 0 Å². The first-order valence-electron chi connectivity index (χ1n) is 12.5. The van der Waals surface area contributed by atoms with Gasteiger partial charge in [0.05, 0.1) is 16.2 Å². The fourth-order valence-corrected chi connectivity index (χ4v) is 4.89. The summed E-state index contributed by atoms with van der Waals surface area (Å²) in [6.45, 7) is 4.25. The van der Waals surface area contributed by atoms with E-state index in [0.717, 1.165) is 64.2 Å². The first kappa shape index (κ1) is 33.7. The zero-order valence-corrected chi connectivity index (χ0v) is 24.3. The Morgan fingerprint density at radius 1 is 0.600 bits per heavy atom. The normalized spacial score (nSPS) is 13.7. The molecule has 0 aromatic heterocycles. The van der Waals surface area contributed by atoms with Crippen molar-refractivity contribution in [2.75, 3.05) is 0 Å². The van der Waals surface area contributed by atoms with Gasteiger partial charge in [-0.1, -0.05) is 117 Å². The molecule has 0 radical (unpaired) electrons. The molecule has 0 bridgehead atoms. The van der Waals surface area contributed by atoms with E-state index in [1.807, 2.05) is 0 Å². The summed E-state index contributed by atoms with van der Waals surface area (Å²) in [7, 11) is -4.13. The van der Waals surface area contributed by atoms with Crippen molar-refractivity contribution >= 4 is 10.1 Å². The minimum absolute atomic E-state index is 0. The summed E-state index contributed by atoms with van der Waals surface area (Å²) in [5.41, 5.74) is 0. The second-order valence-electron chi connectivity index (χ2n) is 8.87. The van der Waals surface area contributed by atoms with Crippen LogP contribution in [-0.2, 0) is 10.1 Å². The summed E-state index contributed by atoms with van der Waals surface area (Å²) in [5.74, 6) is 0. The number of hydrogen-bond donors (Lipinski definition) is 1. The van der Waals surface area contributed by atoms with Crippen LogP contribution in [0.4, 0.5) is 0 Å². The predicted octanol–water partition coefficient (Wildman–Crippen LogP) is 4.11. The van der Waals surface area contributed by atoms with Crippen LogP contribution in [0.3, 0.4) is 0 Å². The van der Waals surface area contributed by atoms with Crippen LogP contribution in [0.1, 0.15) is 142 Å². The number of rotatable bonds is 22. The molecule has 0 aliphatic heterocycles. The third-order valence-corrected chi connectivity index (χ3v) is 7.28. The fraction of sp³-hybridized carbons (Fsp3) is 1.00. The number of aliphatic hydroxyl groups is 1. The number of aliphatic hydroxyl groups excluding tert-OH is 1. The summed E-state index contributed by atoms with van der Waals surface area (Å²) in [6.07, 6.45) is 21.2. The Labute approximate surface area is 230 Å². The van der Waals surface area contributed by atoms with Crippen LogP contribution >= 0.6 is 0 Å². The molecule has 1 N–H and O–H groups in total. The van der Waals surface area contributed by atoms with Crippen molar-refractivity contribution in [2.45, 2.75) is 154 Å². The second kappa shape index (κ2) is 23.7. The summed E-state index contributed by atoms with van der Waals surface area (Å²) in [5, 5.41) is 9.15. The minimum atomic E-state index is -4.13. The molecule has 0 saturated carbocycles. The Balaban J connectivity index is 0. The van der Waals surface area contributed by atoms with Crippen molar-refractivity contribution in [3.05, 3.63) is 0 Å². The molecule has 6 heteroatoms. The molecule has 0 spiro atoms. The second-order valence-corrected chi connectivity index (χ2v) is 10.5. The molecule has 0 saturated heterocycles. The molecule has 0 rings (SSSR count). The van der Waals surface area contributed by atoms with E-state index in [-0.39, 0.29) is 57.5 Å². The van der Waals surface area contributed by atoms with E-state index in [1.54, 1.807) is 0 Å². The number of hydrogen-bond acceptors (Lipinski definition) is 4. The summed E-state index contributed by atoms with van der Waals surface area (Å²) in [4.78, 5) is 0. The van der Waals surface area contributed by atoms with Crippen molar-refractivity contribution in [1.82, 2.24) is 0 Å². The Morgan fingerprint density at radius 2 is 0.933 bits per heavy atom. The molecule has 0 heterocycles. The van der Waals surface area contributed by atoms with Crippen LogP contribution in [0.25, 0.3) is 0 Å². The van der Waals surface area contributed by atoms with E-state index in [2.05, 4.69) is 13.8 Å². The summed E-state index contributed by atoms with van der Waals surface area (Å²) in [6, 6.07) is 0. The van der Waals surface area contributed by atoms with Gasteiger partial charge in [-0.05, 0) is 25.7 Å². The largest absolute Gasteiger partial charge is 1.00 e. The van der Waals surface area contributed by atoms with Gasteiger partial charge in [0.15, 0.2) is 0 Å². The third-order valence-electron chi connectivity index (χ3n) is 5.99. The first-order valence-corrected chi connectivity index (χ1v) is 14.0. The van der Waals surface area contributed by atoms with Crippen LogP contribution in [-0.4, -0.2) is 29.4 Å². The zero-order chi connectivity index (χ0) is 21.8. The van der Waals surface area contributed by atoms with Gasteiger partial charge in [0, 0.05) is 5.25 Å². The van der Waals surface area contributed by atoms with Crippen molar-refractivity contribution in [3.8, 4) is 0 Å². The number of unbranched alkanes of at least 4 members (excludes halogenated alkanes) is 13. The van der Waals surface area contributed by atoms with E-state index in [0.29, 0.717) is 12.8 Å². The van der Waals surface area contributed by atoms with Gasteiger partial charge in [-0.15, -0.1) is 0 Å². The molecule has 30 heavy (non-hydrogen) atoms.